The van der Waals surface area contributed by atoms with E-state index < -0.39 is 0 Å². The summed E-state index contributed by atoms with van der Waals surface area (Å²) in [5.41, 5.74) is 1.44. The monoisotopic (exact) mass is 309 g/mol. The summed E-state index contributed by atoms with van der Waals surface area (Å²) < 4.78 is 7.06. The first kappa shape index (κ1) is 12.5. The third-order valence-electron chi connectivity index (χ3n) is 4.50. The van der Waals surface area contributed by atoms with Gasteiger partial charge in [0.2, 0.25) is 0 Å². The highest BCUT2D eigenvalue weighted by atomic mass is 79.9. The highest BCUT2D eigenvalue weighted by molar-refractivity contribution is 9.10. The zero-order valence-corrected chi connectivity index (χ0v) is 12.5. The number of rotatable bonds is 2. The van der Waals surface area contributed by atoms with Gasteiger partial charge < -0.3 is 10.1 Å². The molecule has 98 valence electrons. The van der Waals surface area contributed by atoms with Crippen LogP contribution < -0.4 is 5.32 Å². The molecule has 2 fully saturated rings. The normalized spacial score (nSPS) is 33.4. The van der Waals surface area contributed by atoms with Crippen LogP contribution in [0, 0.1) is 11.3 Å². The molecule has 2 aliphatic rings. The van der Waals surface area contributed by atoms with Crippen molar-refractivity contribution in [3.05, 3.63) is 28.7 Å². The summed E-state index contributed by atoms with van der Waals surface area (Å²) in [5.74, 6) is 0.678. The second kappa shape index (κ2) is 4.53. The van der Waals surface area contributed by atoms with Crippen molar-refractivity contribution in [1.29, 1.82) is 0 Å². The van der Waals surface area contributed by atoms with E-state index >= 15 is 0 Å². The molecule has 0 bridgehead atoms. The second-order valence-corrected chi connectivity index (χ2v) is 6.96. The molecule has 3 heteroatoms. The SMILES string of the molecule is CC1(C)C(Nc2ccc(Br)cc2)C2CCCOC21. The van der Waals surface area contributed by atoms with Gasteiger partial charge in [-0.05, 0) is 37.1 Å². The molecular weight excluding hydrogens is 290 g/mol. The summed E-state index contributed by atoms with van der Waals surface area (Å²) in [6.45, 7) is 5.57. The average Bonchev–Trinajstić information content (AvgIpc) is 2.38. The maximum Gasteiger partial charge on any atom is 0.0693 e. The van der Waals surface area contributed by atoms with Crippen LogP contribution in [0.5, 0.6) is 0 Å². The molecule has 1 aliphatic carbocycles. The van der Waals surface area contributed by atoms with E-state index in [9.17, 15) is 0 Å². The van der Waals surface area contributed by atoms with E-state index in [1.54, 1.807) is 0 Å². The quantitative estimate of drug-likeness (QED) is 0.889. The number of anilines is 1. The van der Waals surface area contributed by atoms with E-state index in [0.717, 1.165) is 11.1 Å². The number of halogens is 1. The van der Waals surface area contributed by atoms with Crippen LogP contribution in [0.1, 0.15) is 26.7 Å². The van der Waals surface area contributed by atoms with Gasteiger partial charge in [-0.1, -0.05) is 29.8 Å². The van der Waals surface area contributed by atoms with Crippen LogP contribution in [0.4, 0.5) is 5.69 Å². The minimum absolute atomic E-state index is 0.234. The standard InChI is InChI=1S/C15H20BrNO/c1-15(2)13(12-4-3-9-18-14(12)15)17-11-7-5-10(16)6-8-11/h5-8,12-14,17H,3-4,9H2,1-2H3. The van der Waals surface area contributed by atoms with Crippen LogP contribution in [-0.4, -0.2) is 18.8 Å². The number of hydrogen-bond donors (Lipinski definition) is 1. The van der Waals surface area contributed by atoms with Crippen LogP contribution in [0.2, 0.25) is 0 Å². The average molecular weight is 310 g/mol. The predicted molar refractivity (Wildman–Crippen MR) is 77.8 cm³/mol. The van der Waals surface area contributed by atoms with Gasteiger partial charge in [-0.25, -0.2) is 0 Å². The summed E-state index contributed by atoms with van der Waals surface area (Å²) in [4.78, 5) is 0. The second-order valence-electron chi connectivity index (χ2n) is 6.05. The summed E-state index contributed by atoms with van der Waals surface area (Å²) in [5, 5.41) is 3.69. The lowest BCUT2D eigenvalue weighted by Gasteiger charge is -2.60. The highest BCUT2D eigenvalue weighted by Gasteiger charge is 2.57. The third-order valence-corrected chi connectivity index (χ3v) is 5.03. The van der Waals surface area contributed by atoms with E-state index in [1.807, 2.05) is 0 Å². The lowest BCUT2D eigenvalue weighted by atomic mass is 9.55. The molecule has 1 saturated heterocycles. The van der Waals surface area contributed by atoms with Gasteiger partial charge in [-0.3, -0.25) is 0 Å². The van der Waals surface area contributed by atoms with Crippen LogP contribution >= 0.6 is 15.9 Å². The van der Waals surface area contributed by atoms with Gasteiger partial charge in [0.05, 0.1) is 6.10 Å². The van der Waals surface area contributed by atoms with Crippen molar-refractivity contribution in [2.45, 2.75) is 38.8 Å². The lowest BCUT2D eigenvalue weighted by molar-refractivity contribution is -0.177. The van der Waals surface area contributed by atoms with E-state index in [0.29, 0.717) is 18.1 Å². The van der Waals surface area contributed by atoms with Crippen LogP contribution in [0.25, 0.3) is 0 Å². The summed E-state index contributed by atoms with van der Waals surface area (Å²) in [7, 11) is 0. The Morgan fingerprint density at radius 3 is 2.72 bits per heavy atom. The van der Waals surface area contributed by atoms with Crippen molar-refractivity contribution in [3.8, 4) is 0 Å². The van der Waals surface area contributed by atoms with Crippen molar-refractivity contribution in [2.24, 2.45) is 11.3 Å². The number of hydrogen-bond acceptors (Lipinski definition) is 2. The first-order valence-corrected chi connectivity index (χ1v) is 7.52. The van der Waals surface area contributed by atoms with Crippen LogP contribution in [0.3, 0.4) is 0 Å². The topological polar surface area (TPSA) is 21.3 Å². The third kappa shape index (κ3) is 1.97. The minimum atomic E-state index is 0.234. The van der Waals surface area contributed by atoms with Crippen LogP contribution in [-0.2, 0) is 4.74 Å². The van der Waals surface area contributed by atoms with Crippen molar-refractivity contribution in [2.75, 3.05) is 11.9 Å². The highest BCUT2D eigenvalue weighted by Crippen LogP contribution is 2.52. The summed E-state index contributed by atoms with van der Waals surface area (Å²) in [6, 6.07) is 8.98. The number of fused-ring (bicyclic) bond motifs is 1. The fraction of sp³-hybridized carbons (Fsp3) is 0.600. The van der Waals surface area contributed by atoms with Gasteiger partial charge in [0, 0.05) is 34.1 Å². The Morgan fingerprint density at radius 1 is 1.28 bits per heavy atom. The maximum atomic E-state index is 5.93. The Hall–Kier alpha value is -0.540. The molecule has 3 atom stereocenters. The van der Waals surface area contributed by atoms with Crippen molar-refractivity contribution >= 4 is 21.6 Å². The predicted octanol–water partition coefficient (Wildman–Crippen LogP) is 4.06. The first-order valence-electron chi connectivity index (χ1n) is 6.73. The fourth-order valence-electron chi connectivity index (χ4n) is 3.54. The molecule has 0 aromatic heterocycles. The van der Waals surface area contributed by atoms with Gasteiger partial charge in [-0.15, -0.1) is 0 Å². The molecule has 1 aromatic carbocycles. The molecule has 0 spiro atoms. The van der Waals surface area contributed by atoms with Crippen LogP contribution in [0.15, 0.2) is 28.7 Å². The Morgan fingerprint density at radius 2 is 2.00 bits per heavy atom. The van der Waals surface area contributed by atoms with Gasteiger partial charge in [0.15, 0.2) is 0 Å². The molecule has 1 N–H and O–H groups in total. The zero-order valence-electron chi connectivity index (χ0n) is 10.9. The Kier molecular flexibility index (Phi) is 3.15. The Balaban J connectivity index is 1.74. The van der Waals surface area contributed by atoms with Gasteiger partial charge in [-0.2, -0.15) is 0 Å². The molecule has 18 heavy (non-hydrogen) atoms. The molecular formula is C15H20BrNO. The molecule has 1 aromatic rings. The lowest BCUT2D eigenvalue weighted by Crippen LogP contribution is -2.67. The Bertz CT molecular complexity index is 429. The minimum Gasteiger partial charge on any atom is -0.381 e. The van der Waals surface area contributed by atoms with E-state index in [2.05, 4.69) is 59.4 Å². The van der Waals surface area contributed by atoms with E-state index in [4.69, 9.17) is 4.74 Å². The summed E-state index contributed by atoms with van der Waals surface area (Å²) in [6.07, 6.45) is 2.94. The number of nitrogens with one attached hydrogen (secondary N) is 1. The fourth-order valence-corrected chi connectivity index (χ4v) is 3.81. The van der Waals surface area contributed by atoms with E-state index in [1.165, 1.54) is 18.5 Å². The molecule has 0 amide bonds. The molecule has 2 nitrogen and oxygen atoms in total. The summed E-state index contributed by atoms with van der Waals surface area (Å²) >= 11 is 3.47. The van der Waals surface area contributed by atoms with Gasteiger partial charge in [0.25, 0.3) is 0 Å². The molecule has 3 unspecified atom stereocenters. The maximum absolute atomic E-state index is 5.93. The molecule has 1 saturated carbocycles. The first-order chi connectivity index (χ1) is 8.59. The molecule has 1 aliphatic heterocycles. The molecule has 0 radical (unpaired) electrons. The smallest absolute Gasteiger partial charge is 0.0693 e. The van der Waals surface area contributed by atoms with E-state index in [-0.39, 0.29) is 5.41 Å². The number of ether oxygens (including phenoxy) is 1. The zero-order chi connectivity index (χ0) is 12.8. The van der Waals surface area contributed by atoms with Gasteiger partial charge >= 0.3 is 0 Å². The van der Waals surface area contributed by atoms with Gasteiger partial charge in [0.1, 0.15) is 0 Å². The van der Waals surface area contributed by atoms with Crippen molar-refractivity contribution in [1.82, 2.24) is 0 Å². The van der Waals surface area contributed by atoms with Crippen molar-refractivity contribution < 1.29 is 4.74 Å². The largest absolute Gasteiger partial charge is 0.381 e. The molecule has 1 heterocycles. The van der Waals surface area contributed by atoms with Crippen molar-refractivity contribution in [3.63, 3.8) is 0 Å². The Labute approximate surface area is 117 Å². The molecule has 3 rings (SSSR count). The number of benzene rings is 1.